The lowest BCUT2D eigenvalue weighted by Gasteiger charge is -2.14. The van der Waals surface area contributed by atoms with Crippen molar-refractivity contribution < 1.29 is 4.74 Å². The van der Waals surface area contributed by atoms with E-state index in [9.17, 15) is 0 Å². The second-order valence-electron chi connectivity index (χ2n) is 4.81. The maximum atomic E-state index is 8.87. The number of para-hydroxylation sites is 1. The van der Waals surface area contributed by atoms with Crippen molar-refractivity contribution in [1.29, 1.82) is 5.26 Å². The molecule has 0 aliphatic heterocycles. The molecule has 20 heavy (non-hydrogen) atoms. The van der Waals surface area contributed by atoms with E-state index in [0.29, 0.717) is 18.7 Å². The van der Waals surface area contributed by atoms with Crippen LogP contribution in [-0.4, -0.2) is 0 Å². The molecule has 2 rings (SSSR count). The van der Waals surface area contributed by atoms with Gasteiger partial charge in [-0.2, -0.15) is 5.26 Å². The fraction of sp³-hybridized carbons (Fsp3) is 0.235. The predicted octanol–water partition coefficient (Wildman–Crippen LogP) is 3.21. The lowest BCUT2D eigenvalue weighted by Crippen LogP contribution is -2.05. The van der Waals surface area contributed by atoms with Gasteiger partial charge in [0.25, 0.3) is 0 Å². The Hall–Kier alpha value is -2.31. The fourth-order valence-electron chi connectivity index (χ4n) is 2.16. The molecule has 0 saturated heterocycles. The van der Waals surface area contributed by atoms with Crippen LogP contribution in [0.4, 0.5) is 0 Å². The number of aryl methyl sites for hydroxylation is 2. The van der Waals surface area contributed by atoms with Gasteiger partial charge in [0, 0.05) is 12.1 Å². The Bertz CT molecular complexity index is 657. The van der Waals surface area contributed by atoms with Crippen molar-refractivity contribution in [2.45, 2.75) is 27.0 Å². The molecule has 0 fully saturated rings. The molecular formula is C17H18N2O. The monoisotopic (exact) mass is 266 g/mol. The minimum absolute atomic E-state index is 0.462. The Morgan fingerprint density at radius 2 is 1.90 bits per heavy atom. The Balaban J connectivity index is 2.19. The zero-order valence-electron chi connectivity index (χ0n) is 11.8. The number of rotatable bonds is 4. The molecule has 3 heteroatoms. The van der Waals surface area contributed by atoms with Crippen LogP contribution in [-0.2, 0) is 13.2 Å². The van der Waals surface area contributed by atoms with E-state index in [1.54, 1.807) is 0 Å². The van der Waals surface area contributed by atoms with Crippen LogP contribution in [0, 0.1) is 25.2 Å². The fourth-order valence-corrected chi connectivity index (χ4v) is 2.16. The van der Waals surface area contributed by atoms with Crippen molar-refractivity contribution in [3.63, 3.8) is 0 Å². The Kier molecular flexibility index (Phi) is 4.39. The Morgan fingerprint density at radius 1 is 1.10 bits per heavy atom. The summed E-state index contributed by atoms with van der Waals surface area (Å²) in [7, 11) is 0. The number of nitriles is 1. The molecule has 0 aliphatic carbocycles. The number of hydrogen-bond donors (Lipinski definition) is 1. The maximum absolute atomic E-state index is 8.87. The van der Waals surface area contributed by atoms with E-state index in [0.717, 1.165) is 28.0 Å². The third kappa shape index (κ3) is 2.98. The average molecular weight is 266 g/mol. The van der Waals surface area contributed by atoms with Gasteiger partial charge in [-0.05, 0) is 42.7 Å². The molecule has 3 nitrogen and oxygen atoms in total. The first-order valence-corrected chi connectivity index (χ1v) is 6.56. The predicted molar refractivity (Wildman–Crippen MR) is 79.3 cm³/mol. The zero-order valence-corrected chi connectivity index (χ0v) is 11.8. The largest absolute Gasteiger partial charge is 0.488 e. The quantitative estimate of drug-likeness (QED) is 0.924. The highest BCUT2D eigenvalue weighted by Crippen LogP contribution is 2.24. The summed E-state index contributed by atoms with van der Waals surface area (Å²) in [5.41, 5.74) is 10.6. The molecule has 0 saturated carbocycles. The first-order valence-electron chi connectivity index (χ1n) is 6.56. The van der Waals surface area contributed by atoms with Crippen molar-refractivity contribution in [3.05, 3.63) is 64.2 Å². The number of hydrogen-bond acceptors (Lipinski definition) is 3. The second kappa shape index (κ2) is 6.23. The molecule has 2 N–H and O–H groups in total. The van der Waals surface area contributed by atoms with Gasteiger partial charge in [-0.3, -0.25) is 0 Å². The van der Waals surface area contributed by atoms with Crippen LogP contribution < -0.4 is 10.5 Å². The highest BCUT2D eigenvalue weighted by Gasteiger charge is 2.07. The van der Waals surface area contributed by atoms with E-state index in [4.69, 9.17) is 15.7 Å². The van der Waals surface area contributed by atoms with Gasteiger partial charge in [0.1, 0.15) is 12.4 Å². The molecule has 0 spiro atoms. The van der Waals surface area contributed by atoms with Gasteiger partial charge in [-0.15, -0.1) is 0 Å². The SMILES string of the molecule is Cc1cc(C#N)ccc1COc1c(C)cccc1CN. The molecule has 0 aromatic heterocycles. The van der Waals surface area contributed by atoms with Crippen LogP contribution in [0.25, 0.3) is 0 Å². The molecule has 0 atom stereocenters. The topological polar surface area (TPSA) is 59.0 Å². The van der Waals surface area contributed by atoms with Crippen LogP contribution in [0.15, 0.2) is 36.4 Å². The summed E-state index contributed by atoms with van der Waals surface area (Å²) in [6.45, 7) is 4.94. The molecule has 2 aromatic carbocycles. The van der Waals surface area contributed by atoms with Gasteiger partial charge < -0.3 is 10.5 Å². The van der Waals surface area contributed by atoms with Crippen LogP contribution in [0.5, 0.6) is 5.75 Å². The Morgan fingerprint density at radius 3 is 2.55 bits per heavy atom. The summed E-state index contributed by atoms with van der Waals surface area (Å²) in [6, 6.07) is 13.7. The minimum Gasteiger partial charge on any atom is -0.488 e. The number of benzene rings is 2. The maximum Gasteiger partial charge on any atom is 0.127 e. The van der Waals surface area contributed by atoms with Crippen molar-refractivity contribution in [1.82, 2.24) is 0 Å². The van der Waals surface area contributed by atoms with E-state index < -0.39 is 0 Å². The average Bonchev–Trinajstić information content (AvgIpc) is 2.46. The van der Waals surface area contributed by atoms with E-state index >= 15 is 0 Å². The molecular weight excluding hydrogens is 248 g/mol. The summed E-state index contributed by atoms with van der Waals surface area (Å²) >= 11 is 0. The molecule has 0 heterocycles. The first-order chi connectivity index (χ1) is 9.65. The summed E-state index contributed by atoms with van der Waals surface area (Å²) in [5, 5.41) is 8.87. The van der Waals surface area contributed by atoms with E-state index in [2.05, 4.69) is 6.07 Å². The molecule has 0 radical (unpaired) electrons. The van der Waals surface area contributed by atoms with Gasteiger partial charge in [0.2, 0.25) is 0 Å². The molecule has 0 bridgehead atoms. The van der Waals surface area contributed by atoms with Crippen molar-refractivity contribution >= 4 is 0 Å². The third-order valence-electron chi connectivity index (χ3n) is 3.36. The van der Waals surface area contributed by atoms with E-state index in [1.165, 1.54) is 0 Å². The number of nitrogens with zero attached hydrogens (tertiary/aromatic N) is 1. The molecule has 2 aromatic rings. The zero-order chi connectivity index (χ0) is 14.5. The number of ether oxygens (including phenoxy) is 1. The van der Waals surface area contributed by atoms with Crippen LogP contribution in [0.2, 0.25) is 0 Å². The van der Waals surface area contributed by atoms with Crippen molar-refractivity contribution in [2.75, 3.05) is 0 Å². The van der Waals surface area contributed by atoms with Gasteiger partial charge in [-0.1, -0.05) is 24.3 Å². The van der Waals surface area contributed by atoms with Crippen LogP contribution in [0.1, 0.15) is 27.8 Å². The highest BCUT2D eigenvalue weighted by atomic mass is 16.5. The summed E-state index contributed by atoms with van der Waals surface area (Å²) < 4.78 is 5.94. The third-order valence-corrected chi connectivity index (χ3v) is 3.36. The summed E-state index contributed by atoms with van der Waals surface area (Å²) in [6.07, 6.45) is 0. The molecule has 0 amide bonds. The van der Waals surface area contributed by atoms with Crippen molar-refractivity contribution in [2.24, 2.45) is 5.73 Å². The van der Waals surface area contributed by atoms with E-state index in [-0.39, 0.29) is 0 Å². The van der Waals surface area contributed by atoms with Crippen LogP contribution in [0.3, 0.4) is 0 Å². The molecule has 0 aliphatic rings. The minimum atomic E-state index is 0.462. The number of nitrogens with two attached hydrogens (primary N) is 1. The first kappa shape index (κ1) is 14.1. The van der Waals surface area contributed by atoms with Gasteiger partial charge in [-0.25, -0.2) is 0 Å². The lowest BCUT2D eigenvalue weighted by atomic mass is 10.1. The van der Waals surface area contributed by atoms with Gasteiger partial charge >= 0.3 is 0 Å². The second-order valence-corrected chi connectivity index (χ2v) is 4.81. The standard InChI is InChI=1S/C17H18N2O/c1-12-4-3-5-15(10-19)17(12)20-11-16-7-6-14(9-18)8-13(16)2/h3-8H,10-11,19H2,1-2H3. The summed E-state index contributed by atoms with van der Waals surface area (Å²) in [5.74, 6) is 0.860. The van der Waals surface area contributed by atoms with Gasteiger partial charge in [0.15, 0.2) is 0 Å². The highest BCUT2D eigenvalue weighted by molar-refractivity contribution is 5.41. The molecule has 0 unspecified atom stereocenters. The Labute approximate surface area is 119 Å². The van der Waals surface area contributed by atoms with Crippen molar-refractivity contribution in [3.8, 4) is 11.8 Å². The van der Waals surface area contributed by atoms with Crippen LogP contribution >= 0.6 is 0 Å². The molecule has 102 valence electrons. The summed E-state index contributed by atoms with van der Waals surface area (Å²) in [4.78, 5) is 0. The normalized spacial score (nSPS) is 10.1. The van der Waals surface area contributed by atoms with Gasteiger partial charge in [0.05, 0.1) is 11.6 Å². The smallest absolute Gasteiger partial charge is 0.127 e. The van der Waals surface area contributed by atoms with E-state index in [1.807, 2.05) is 50.2 Å². The lowest BCUT2D eigenvalue weighted by molar-refractivity contribution is 0.300.